The molecule has 0 aliphatic heterocycles. The number of rotatable bonds is 9. The lowest BCUT2D eigenvalue weighted by atomic mass is 10.1. The Morgan fingerprint density at radius 1 is 1.09 bits per heavy atom. The summed E-state index contributed by atoms with van der Waals surface area (Å²) in [5.74, 6) is -0.450. The number of unbranched alkanes of at least 4 members (excludes halogenated alkanes) is 3. The molecule has 23 heavy (non-hydrogen) atoms. The number of carboxylic acid groups (broad SMARTS) is 1. The van der Waals surface area contributed by atoms with Gasteiger partial charge in [-0.1, -0.05) is 36.0 Å². The van der Waals surface area contributed by atoms with Crippen molar-refractivity contribution in [2.75, 3.05) is 6.54 Å². The molecule has 1 aromatic rings. The van der Waals surface area contributed by atoms with Crippen molar-refractivity contribution < 1.29 is 14.7 Å². The summed E-state index contributed by atoms with van der Waals surface area (Å²) in [6.45, 7) is 0.644. The summed E-state index contributed by atoms with van der Waals surface area (Å²) in [6.07, 6.45) is 4.45. The topological polar surface area (TPSA) is 66.4 Å². The Morgan fingerprint density at radius 3 is 2.39 bits per heavy atom. The molecule has 1 aromatic carbocycles. The minimum atomic E-state index is -0.751. The molecule has 1 aliphatic rings. The van der Waals surface area contributed by atoms with E-state index >= 15 is 0 Å². The van der Waals surface area contributed by atoms with Crippen LogP contribution in [-0.4, -0.2) is 23.5 Å². The van der Waals surface area contributed by atoms with Crippen LogP contribution in [0.15, 0.2) is 18.2 Å². The Balaban J connectivity index is 1.63. The van der Waals surface area contributed by atoms with Crippen molar-refractivity contribution in [1.29, 1.82) is 0 Å². The van der Waals surface area contributed by atoms with E-state index < -0.39 is 5.97 Å². The van der Waals surface area contributed by atoms with Gasteiger partial charge in [0.15, 0.2) is 0 Å². The van der Waals surface area contributed by atoms with Crippen LogP contribution in [0.4, 0.5) is 0 Å². The SMILES string of the molecule is O=C(O)CCCCCCNC(=O)C1CC1c1cc(Cl)cc(Cl)c1. The van der Waals surface area contributed by atoms with Crippen molar-refractivity contribution in [3.05, 3.63) is 33.8 Å². The van der Waals surface area contributed by atoms with E-state index in [0.717, 1.165) is 31.2 Å². The summed E-state index contributed by atoms with van der Waals surface area (Å²) < 4.78 is 0. The Bertz CT molecular complexity index is 557. The van der Waals surface area contributed by atoms with Crippen LogP contribution in [0.5, 0.6) is 0 Å². The maximum atomic E-state index is 12.1. The zero-order chi connectivity index (χ0) is 16.8. The van der Waals surface area contributed by atoms with Gasteiger partial charge in [0.1, 0.15) is 0 Å². The number of hydrogen-bond acceptors (Lipinski definition) is 2. The van der Waals surface area contributed by atoms with E-state index in [1.165, 1.54) is 0 Å². The van der Waals surface area contributed by atoms with Gasteiger partial charge in [0.05, 0.1) is 0 Å². The Labute approximate surface area is 146 Å². The summed E-state index contributed by atoms with van der Waals surface area (Å²) in [6, 6.07) is 5.43. The highest BCUT2D eigenvalue weighted by molar-refractivity contribution is 6.34. The summed E-state index contributed by atoms with van der Waals surface area (Å²) >= 11 is 12.0. The molecule has 2 atom stereocenters. The standard InChI is InChI=1S/C17H21Cl2NO3/c18-12-7-11(8-13(19)9-12)14-10-15(14)17(23)20-6-4-2-1-3-5-16(21)22/h7-9,14-15H,1-6,10H2,(H,20,23)(H,21,22). The maximum absolute atomic E-state index is 12.1. The molecule has 6 heteroatoms. The van der Waals surface area contributed by atoms with E-state index in [1.54, 1.807) is 6.07 Å². The van der Waals surface area contributed by atoms with Gasteiger partial charge in [-0.3, -0.25) is 9.59 Å². The fourth-order valence-corrected chi connectivity index (χ4v) is 3.28. The van der Waals surface area contributed by atoms with E-state index in [2.05, 4.69) is 5.32 Å². The minimum Gasteiger partial charge on any atom is -0.481 e. The first-order valence-corrected chi connectivity index (χ1v) is 8.68. The molecule has 0 radical (unpaired) electrons. The molecule has 2 rings (SSSR count). The van der Waals surface area contributed by atoms with Gasteiger partial charge >= 0.3 is 5.97 Å². The molecule has 1 fully saturated rings. The number of carboxylic acids is 1. The van der Waals surface area contributed by atoms with Crippen LogP contribution in [-0.2, 0) is 9.59 Å². The highest BCUT2D eigenvalue weighted by atomic mass is 35.5. The van der Waals surface area contributed by atoms with Crippen molar-refractivity contribution >= 4 is 35.1 Å². The smallest absolute Gasteiger partial charge is 0.303 e. The van der Waals surface area contributed by atoms with Crippen LogP contribution in [0.25, 0.3) is 0 Å². The molecule has 4 nitrogen and oxygen atoms in total. The van der Waals surface area contributed by atoms with Gasteiger partial charge in [0, 0.05) is 28.9 Å². The average Bonchev–Trinajstić information content (AvgIpc) is 3.25. The lowest BCUT2D eigenvalue weighted by molar-refractivity contribution is -0.137. The molecular weight excluding hydrogens is 337 g/mol. The Morgan fingerprint density at radius 2 is 1.74 bits per heavy atom. The third-order valence-electron chi connectivity index (χ3n) is 4.06. The van der Waals surface area contributed by atoms with Crippen LogP contribution in [0, 0.1) is 5.92 Å². The molecular formula is C17H21Cl2NO3. The fraction of sp³-hybridized carbons (Fsp3) is 0.529. The summed E-state index contributed by atoms with van der Waals surface area (Å²) in [5.41, 5.74) is 1.02. The van der Waals surface area contributed by atoms with Crippen LogP contribution < -0.4 is 5.32 Å². The number of hydrogen-bond donors (Lipinski definition) is 2. The molecule has 1 amide bonds. The van der Waals surface area contributed by atoms with Gasteiger partial charge in [0.2, 0.25) is 5.91 Å². The number of amides is 1. The fourth-order valence-electron chi connectivity index (χ4n) is 2.74. The maximum Gasteiger partial charge on any atom is 0.303 e. The first kappa shape index (κ1) is 18.1. The van der Waals surface area contributed by atoms with Gasteiger partial charge < -0.3 is 10.4 Å². The Kier molecular flexibility index (Phi) is 6.72. The minimum absolute atomic E-state index is 0.0107. The molecule has 0 saturated heterocycles. The van der Waals surface area contributed by atoms with Crippen LogP contribution in [0.3, 0.4) is 0 Å². The molecule has 0 bridgehead atoms. The van der Waals surface area contributed by atoms with Crippen LogP contribution >= 0.6 is 23.2 Å². The van der Waals surface area contributed by atoms with Crippen molar-refractivity contribution in [3.63, 3.8) is 0 Å². The molecule has 0 spiro atoms. The average molecular weight is 358 g/mol. The number of aliphatic carboxylic acids is 1. The van der Waals surface area contributed by atoms with Crippen LogP contribution in [0.1, 0.15) is 50.0 Å². The van der Waals surface area contributed by atoms with Gasteiger partial charge in [-0.05, 0) is 48.9 Å². The van der Waals surface area contributed by atoms with Gasteiger partial charge in [0.25, 0.3) is 0 Å². The largest absolute Gasteiger partial charge is 0.481 e. The second kappa shape index (κ2) is 8.55. The summed E-state index contributed by atoms with van der Waals surface area (Å²) in [7, 11) is 0. The monoisotopic (exact) mass is 357 g/mol. The molecule has 126 valence electrons. The van der Waals surface area contributed by atoms with Crippen molar-refractivity contribution in [2.24, 2.45) is 5.92 Å². The van der Waals surface area contributed by atoms with Gasteiger partial charge in [-0.25, -0.2) is 0 Å². The molecule has 1 saturated carbocycles. The highest BCUT2D eigenvalue weighted by Crippen LogP contribution is 2.48. The normalized spacial score (nSPS) is 19.4. The van der Waals surface area contributed by atoms with E-state index in [-0.39, 0.29) is 24.2 Å². The predicted octanol–water partition coefficient (Wildman–Crippen LogP) is 4.25. The third-order valence-corrected chi connectivity index (χ3v) is 4.49. The van der Waals surface area contributed by atoms with Crippen molar-refractivity contribution in [1.82, 2.24) is 5.32 Å². The van der Waals surface area contributed by atoms with Crippen molar-refractivity contribution in [2.45, 2.75) is 44.4 Å². The number of benzene rings is 1. The number of carbonyl (C=O) groups is 2. The zero-order valence-electron chi connectivity index (χ0n) is 12.9. The second-order valence-corrected chi connectivity index (χ2v) is 6.87. The van der Waals surface area contributed by atoms with Crippen LogP contribution in [0.2, 0.25) is 10.0 Å². The highest BCUT2D eigenvalue weighted by Gasteiger charge is 2.43. The first-order chi connectivity index (χ1) is 11.0. The van der Waals surface area contributed by atoms with Gasteiger partial charge in [-0.2, -0.15) is 0 Å². The van der Waals surface area contributed by atoms with E-state index in [4.69, 9.17) is 28.3 Å². The predicted molar refractivity (Wildman–Crippen MR) is 91.0 cm³/mol. The van der Waals surface area contributed by atoms with E-state index in [0.29, 0.717) is 23.0 Å². The van der Waals surface area contributed by atoms with E-state index in [9.17, 15) is 9.59 Å². The molecule has 1 aliphatic carbocycles. The third kappa shape index (κ3) is 6.04. The summed E-state index contributed by atoms with van der Waals surface area (Å²) in [5, 5.41) is 12.7. The molecule has 2 N–H and O–H groups in total. The van der Waals surface area contributed by atoms with Crippen molar-refractivity contribution in [3.8, 4) is 0 Å². The number of nitrogens with one attached hydrogen (secondary N) is 1. The lowest BCUT2D eigenvalue weighted by Crippen LogP contribution is -2.26. The molecule has 2 unspecified atom stereocenters. The quantitative estimate of drug-likeness (QED) is 0.649. The second-order valence-electron chi connectivity index (χ2n) is 6.00. The lowest BCUT2D eigenvalue weighted by Gasteiger charge is -2.06. The van der Waals surface area contributed by atoms with E-state index in [1.807, 2.05) is 12.1 Å². The first-order valence-electron chi connectivity index (χ1n) is 7.93. The molecule has 0 aromatic heterocycles. The summed E-state index contributed by atoms with van der Waals surface area (Å²) in [4.78, 5) is 22.5. The zero-order valence-corrected chi connectivity index (χ0v) is 14.4. The molecule has 0 heterocycles. The van der Waals surface area contributed by atoms with Gasteiger partial charge in [-0.15, -0.1) is 0 Å². The Hall–Kier alpha value is -1.26. The number of halogens is 2. The number of carbonyl (C=O) groups excluding carboxylic acids is 1.